The Balaban J connectivity index is 2.02. The lowest BCUT2D eigenvalue weighted by Gasteiger charge is -2.41. The summed E-state index contributed by atoms with van der Waals surface area (Å²) in [5, 5.41) is 10.4. The number of anilines is 1. The summed E-state index contributed by atoms with van der Waals surface area (Å²) in [7, 11) is 2.13. The maximum absolute atomic E-state index is 9.95. The van der Waals surface area contributed by atoms with Crippen LogP contribution in [-0.4, -0.2) is 23.9 Å². The van der Waals surface area contributed by atoms with Crippen LogP contribution in [0.25, 0.3) is 5.57 Å². The lowest BCUT2D eigenvalue weighted by atomic mass is 9.87. The van der Waals surface area contributed by atoms with Gasteiger partial charge in [0, 0.05) is 35.6 Å². The van der Waals surface area contributed by atoms with Crippen LogP contribution >= 0.6 is 11.6 Å². The highest BCUT2D eigenvalue weighted by Gasteiger charge is 2.28. The average Bonchev–Trinajstić information content (AvgIpc) is 2.52. The molecule has 1 aliphatic heterocycles. The van der Waals surface area contributed by atoms with Crippen molar-refractivity contribution in [3.8, 4) is 5.75 Å². The predicted molar refractivity (Wildman–Crippen MR) is 108 cm³/mol. The lowest BCUT2D eigenvalue weighted by molar-refractivity contribution is 0.477. The molecule has 1 heterocycles. The van der Waals surface area contributed by atoms with Crippen molar-refractivity contribution in [1.29, 1.82) is 0 Å². The number of phenols is 1. The molecule has 25 heavy (non-hydrogen) atoms. The van der Waals surface area contributed by atoms with Gasteiger partial charge in [0.15, 0.2) is 0 Å². The van der Waals surface area contributed by atoms with E-state index >= 15 is 0 Å². The van der Waals surface area contributed by atoms with E-state index < -0.39 is 0 Å². The number of fused-ring (bicyclic) bond motifs is 1. The zero-order chi connectivity index (χ0) is 18.4. The summed E-state index contributed by atoms with van der Waals surface area (Å²) < 4.78 is 0. The summed E-state index contributed by atoms with van der Waals surface area (Å²) in [4.78, 5) is 6.73. The van der Waals surface area contributed by atoms with Gasteiger partial charge in [-0.25, -0.2) is 0 Å². The molecule has 0 unspecified atom stereocenters. The van der Waals surface area contributed by atoms with Crippen molar-refractivity contribution in [2.24, 2.45) is 4.99 Å². The first-order valence-electron chi connectivity index (χ1n) is 8.30. The Labute approximate surface area is 154 Å². The molecule has 130 valence electrons. The van der Waals surface area contributed by atoms with Gasteiger partial charge in [0.25, 0.3) is 0 Å². The van der Waals surface area contributed by atoms with Crippen LogP contribution < -0.4 is 4.90 Å². The third-order valence-corrected chi connectivity index (χ3v) is 5.12. The standard InChI is InChI=1S/C21H23ClN2O/c1-13-8-19-17(14(2)11-21(3,4)24(19)5)9-15(13)12-23-18-7-6-16(22)10-20(18)25/h6-12,25H,1-5H3. The van der Waals surface area contributed by atoms with E-state index in [0.717, 1.165) is 11.1 Å². The summed E-state index contributed by atoms with van der Waals surface area (Å²) in [6, 6.07) is 9.30. The minimum absolute atomic E-state index is 0.00573. The highest BCUT2D eigenvalue weighted by molar-refractivity contribution is 6.30. The molecule has 4 heteroatoms. The fourth-order valence-electron chi connectivity index (χ4n) is 3.20. The predicted octanol–water partition coefficient (Wildman–Crippen LogP) is 5.74. The van der Waals surface area contributed by atoms with Gasteiger partial charge in [-0.2, -0.15) is 0 Å². The van der Waals surface area contributed by atoms with Crippen molar-refractivity contribution in [3.05, 3.63) is 58.1 Å². The Bertz CT molecular complexity index is 897. The Morgan fingerprint density at radius 3 is 2.56 bits per heavy atom. The molecule has 3 nitrogen and oxygen atoms in total. The SMILES string of the molecule is CC1=CC(C)(C)N(C)c2cc(C)c(C=Nc3ccc(Cl)cc3O)cc21. The molecule has 0 atom stereocenters. The van der Waals surface area contributed by atoms with Gasteiger partial charge in [-0.1, -0.05) is 17.7 Å². The van der Waals surface area contributed by atoms with Crippen LogP contribution in [0, 0.1) is 6.92 Å². The van der Waals surface area contributed by atoms with E-state index in [1.165, 1.54) is 22.9 Å². The van der Waals surface area contributed by atoms with E-state index in [1.807, 2.05) is 0 Å². The molecule has 0 saturated carbocycles. The van der Waals surface area contributed by atoms with E-state index in [0.29, 0.717) is 10.7 Å². The molecule has 0 bridgehead atoms. The van der Waals surface area contributed by atoms with Crippen molar-refractivity contribution in [3.63, 3.8) is 0 Å². The minimum Gasteiger partial charge on any atom is -0.506 e. The van der Waals surface area contributed by atoms with Crippen LogP contribution in [-0.2, 0) is 0 Å². The maximum Gasteiger partial charge on any atom is 0.142 e. The van der Waals surface area contributed by atoms with Gasteiger partial charge in [-0.3, -0.25) is 4.99 Å². The summed E-state index contributed by atoms with van der Waals surface area (Å²) in [6.07, 6.45) is 4.09. The van der Waals surface area contributed by atoms with Gasteiger partial charge in [0.2, 0.25) is 0 Å². The van der Waals surface area contributed by atoms with E-state index in [2.05, 4.69) is 62.8 Å². The number of aromatic hydroxyl groups is 1. The number of benzene rings is 2. The Kier molecular flexibility index (Phi) is 4.38. The first kappa shape index (κ1) is 17.6. The van der Waals surface area contributed by atoms with Crippen LogP contribution in [0.4, 0.5) is 11.4 Å². The third-order valence-electron chi connectivity index (χ3n) is 4.88. The van der Waals surface area contributed by atoms with Crippen LogP contribution in [0.2, 0.25) is 5.02 Å². The number of rotatable bonds is 2. The van der Waals surface area contributed by atoms with Crippen molar-refractivity contribution >= 4 is 34.8 Å². The molecule has 0 radical (unpaired) electrons. The van der Waals surface area contributed by atoms with Gasteiger partial charge in [-0.15, -0.1) is 0 Å². The molecular formula is C21H23ClN2O. The van der Waals surface area contributed by atoms with E-state index in [1.54, 1.807) is 18.3 Å². The Morgan fingerprint density at radius 1 is 1.16 bits per heavy atom. The number of aliphatic imine (C=N–C) groups is 1. The fraction of sp³-hybridized carbons (Fsp3) is 0.286. The van der Waals surface area contributed by atoms with Crippen molar-refractivity contribution in [2.45, 2.75) is 33.2 Å². The van der Waals surface area contributed by atoms with Gasteiger partial charge in [0.05, 0.1) is 5.54 Å². The quantitative estimate of drug-likeness (QED) is 0.698. The maximum atomic E-state index is 9.95. The van der Waals surface area contributed by atoms with Crippen LogP contribution in [0.5, 0.6) is 5.75 Å². The molecule has 0 aromatic heterocycles. The van der Waals surface area contributed by atoms with Gasteiger partial charge in [-0.05, 0) is 68.7 Å². The molecule has 0 amide bonds. The van der Waals surface area contributed by atoms with Gasteiger partial charge >= 0.3 is 0 Å². The second kappa shape index (κ2) is 6.23. The fourth-order valence-corrected chi connectivity index (χ4v) is 3.37. The monoisotopic (exact) mass is 354 g/mol. The number of allylic oxidation sites excluding steroid dienone is 1. The topological polar surface area (TPSA) is 35.8 Å². The van der Waals surface area contributed by atoms with Crippen molar-refractivity contribution in [2.75, 3.05) is 11.9 Å². The summed E-state index contributed by atoms with van der Waals surface area (Å²) in [6.45, 7) is 8.66. The highest BCUT2D eigenvalue weighted by Crippen LogP contribution is 2.39. The average molecular weight is 355 g/mol. The molecular weight excluding hydrogens is 332 g/mol. The first-order valence-corrected chi connectivity index (χ1v) is 8.68. The van der Waals surface area contributed by atoms with Crippen LogP contribution in [0.3, 0.4) is 0 Å². The highest BCUT2D eigenvalue weighted by atomic mass is 35.5. The summed E-state index contributed by atoms with van der Waals surface area (Å²) in [5.74, 6) is 0.0805. The number of likely N-dealkylation sites (N-methyl/N-ethyl adjacent to an activating group) is 1. The summed E-state index contributed by atoms with van der Waals surface area (Å²) in [5.41, 5.74) is 6.40. The smallest absolute Gasteiger partial charge is 0.142 e. The summed E-state index contributed by atoms with van der Waals surface area (Å²) >= 11 is 5.87. The van der Waals surface area contributed by atoms with Crippen LogP contribution in [0.15, 0.2) is 41.4 Å². The molecule has 1 aliphatic rings. The number of halogens is 1. The van der Waals surface area contributed by atoms with Crippen molar-refractivity contribution in [1.82, 2.24) is 0 Å². The number of phenolic OH excluding ortho intramolecular Hbond substituents is 1. The number of aryl methyl sites for hydroxylation is 1. The molecule has 0 spiro atoms. The van der Waals surface area contributed by atoms with Gasteiger partial charge in [0.1, 0.15) is 11.4 Å². The Hall–Kier alpha value is -2.26. The molecule has 2 aromatic rings. The normalized spacial score (nSPS) is 16.1. The number of hydrogen-bond acceptors (Lipinski definition) is 3. The molecule has 0 fully saturated rings. The zero-order valence-electron chi connectivity index (χ0n) is 15.3. The van der Waals surface area contributed by atoms with Crippen LogP contribution in [0.1, 0.15) is 37.5 Å². The van der Waals surface area contributed by atoms with E-state index in [-0.39, 0.29) is 11.3 Å². The molecule has 1 N–H and O–H groups in total. The molecule has 0 aliphatic carbocycles. The third kappa shape index (κ3) is 3.29. The Morgan fingerprint density at radius 2 is 1.88 bits per heavy atom. The van der Waals surface area contributed by atoms with Gasteiger partial charge < -0.3 is 10.0 Å². The van der Waals surface area contributed by atoms with E-state index in [9.17, 15) is 5.11 Å². The molecule has 0 saturated heterocycles. The minimum atomic E-state index is -0.00573. The largest absolute Gasteiger partial charge is 0.506 e. The van der Waals surface area contributed by atoms with Crippen molar-refractivity contribution < 1.29 is 5.11 Å². The van der Waals surface area contributed by atoms with E-state index in [4.69, 9.17) is 11.6 Å². The number of nitrogens with zero attached hydrogens (tertiary/aromatic N) is 2. The lowest BCUT2D eigenvalue weighted by Crippen LogP contribution is -2.42. The number of hydrogen-bond donors (Lipinski definition) is 1. The molecule has 2 aromatic carbocycles. The first-order chi connectivity index (χ1) is 11.7. The molecule has 3 rings (SSSR count). The second-order valence-corrected chi connectivity index (χ2v) is 7.59. The zero-order valence-corrected chi connectivity index (χ0v) is 16.0. The second-order valence-electron chi connectivity index (χ2n) is 7.16.